The van der Waals surface area contributed by atoms with Gasteiger partial charge in [0.1, 0.15) is 0 Å². The van der Waals surface area contributed by atoms with E-state index < -0.39 is 0 Å². The maximum absolute atomic E-state index is 3.56. The zero-order valence-corrected chi connectivity index (χ0v) is 13.2. The quantitative estimate of drug-likeness (QED) is 0.717. The maximum Gasteiger partial charge on any atom is 0.0234 e. The highest BCUT2D eigenvalue weighted by Crippen LogP contribution is 2.22. The van der Waals surface area contributed by atoms with Gasteiger partial charge in [0.05, 0.1) is 0 Å². The summed E-state index contributed by atoms with van der Waals surface area (Å²) in [5.74, 6) is 0.885. The van der Waals surface area contributed by atoms with Crippen LogP contribution < -0.4 is 0 Å². The molecule has 17 heavy (non-hydrogen) atoms. The molecule has 1 unspecified atom stereocenters. The highest BCUT2D eigenvalue weighted by molar-refractivity contribution is 9.10. The Morgan fingerprint density at radius 1 is 1.35 bits per heavy atom. The second-order valence-corrected chi connectivity index (χ2v) is 6.56. The van der Waals surface area contributed by atoms with Gasteiger partial charge in [-0.1, -0.05) is 44.0 Å². The van der Waals surface area contributed by atoms with Crippen molar-refractivity contribution in [3.05, 3.63) is 34.3 Å². The van der Waals surface area contributed by atoms with Crippen LogP contribution in [-0.2, 0) is 6.54 Å². The third-order valence-corrected chi connectivity index (χ3v) is 4.37. The van der Waals surface area contributed by atoms with Crippen LogP contribution in [0.3, 0.4) is 0 Å². The first-order chi connectivity index (χ1) is 8.28. The summed E-state index contributed by atoms with van der Waals surface area (Å²) in [6.45, 7) is 3.61. The minimum absolute atomic E-state index is 0.885. The van der Waals surface area contributed by atoms with Crippen LogP contribution in [0.1, 0.15) is 24.8 Å². The Balaban J connectivity index is 1.90. The van der Waals surface area contributed by atoms with Crippen molar-refractivity contribution in [3.8, 4) is 0 Å². The fourth-order valence-corrected chi connectivity index (χ4v) is 3.67. The predicted molar refractivity (Wildman–Crippen MR) is 80.6 cm³/mol. The topological polar surface area (TPSA) is 3.24 Å². The molecule has 0 aliphatic carbocycles. The van der Waals surface area contributed by atoms with E-state index in [0.29, 0.717) is 0 Å². The van der Waals surface area contributed by atoms with Crippen LogP contribution >= 0.6 is 31.9 Å². The van der Waals surface area contributed by atoms with Gasteiger partial charge >= 0.3 is 0 Å². The summed E-state index contributed by atoms with van der Waals surface area (Å²) in [7, 11) is 0. The number of piperidine rings is 1. The summed E-state index contributed by atoms with van der Waals surface area (Å²) in [6, 6.07) is 8.67. The first-order valence-electron chi connectivity index (χ1n) is 6.30. The molecular formula is C14H19Br2N. The third kappa shape index (κ3) is 4.38. The van der Waals surface area contributed by atoms with Crippen LogP contribution in [0.25, 0.3) is 0 Å². The fourth-order valence-electron chi connectivity index (χ4n) is 2.58. The van der Waals surface area contributed by atoms with Crippen LogP contribution in [0.2, 0.25) is 0 Å². The Morgan fingerprint density at radius 3 is 3.00 bits per heavy atom. The number of likely N-dealkylation sites (tertiary alicyclic amines) is 1. The second kappa shape index (κ2) is 6.91. The van der Waals surface area contributed by atoms with Crippen molar-refractivity contribution in [2.75, 3.05) is 18.4 Å². The van der Waals surface area contributed by atoms with Gasteiger partial charge in [-0.25, -0.2) is 0 Å². The van der Waals surface area contributed by atoms with Crippen molar-refractivity contribution < 1.29 is 0 Å². The van der Waals surface area contributed by atoms with E-state index in [0.717, 1.165) is 17.8 Å². The number of alkyl halides is 1. The second-order valence-electron chi connectivity index (χ2n) is 4.85. The molecule has 1 atom stereocenters. The lowest BCUT2D eigenvalue weighted by molar-refractivity contribution is 0.165. The van der Waals surface area contributed by atoms with Crippen molar-refractivity contribution in [1.29, 1.82) is 0 Å². The number of hydrogen-bond donors (Lipinski definition) is 0. The molecule has 3 heteroatoms. The summed E-state index contributed by atoms with van der Waals surface area (Å²) in [5, 5.41) is 1.14. The SMILES string of the molecule is BrCCC1CCCN(Cc2cccc(Br)c2)C1. The van der Waals surface area contributed by atoms with Crippen molar-refractivity contribution >= 4 is 31.9 Å². The van der Waals surface area contributed by atoms with E-state index in [1.165, 1.54) is 42.4 Å². The summed E-state index contributed by atoms with van der Waals surface area (Å²) in [4.78, 5) is 2.60. The van der Waals surface area contributed by atoms with Crippen molar-refractivity contribution in [2.24, 2.45) is 5.92 Å². The molecule has 0 aromatic heterocycles. The molecule has 0 saturated carbocycles. The van der Waals surface area contributed by atoms with Crippen molar-refractivity contribution in [3.63, 3.8) is 0 Å². The molecule has 1 nitrogen and oxygen atoms in total. The van der Waals surface area contributed by atoms with Crippen LogP contribution in [0, 0.1) is 5.92 Å². The number of hydrogen-bond acceptors (Lipinski definition) is 1. The van der Waals surface area contributed by atoms with Gasteiger partial charge in [-0.05, 0) is 49.4 Å². The van der Waals surface area contributed by atoms with Gasteiger partial charge in [0.25, 0.3) is 0 Å². The van der Waals surface area contributed by atoms with Crippen LogP contribution in [0.4, 0.5) is 0 Å². The van der Waals surface area contributed by atoms with E-state index in [4.69, 9.17) is 0 Å². The zero-order chi connectivity index (χ0) is 12.1. The molecular weight excluding hydrogens is 342 g/mol. The van der Waals surface area contributed by atoms with Crippen molar-refractivity contribution in [1.82, 2.24) is 4.90 Å². The van der Waals surface area contributed by atoms with E-state index in [9.17, 15) is 0 Å². The lowest BCUT2D eigenvalue weighted by Gasteiger charge is -2.32. The van der Waals surface area contributed by atoms with Crippen LogP contribution in [-0.4, -0.2) is 23.3 Å². The van der Waals surface area contributed by atoms with Crippen molar-refractivity contribution in [2.45, 2.75) is 25.8 Å². The summed E-state index contributed by atoms with van der Waals surface area (Å²) >= 11 is 7.10. The number of halogens is 2. The van der Waals surface area contributed by atoms with Gasteiger partial charge in [0.15, 0.2) is 0 Å². The average molecular weight is 361 g/mol. The highest BCUT2D eigenvalue weighted by atomic mass is 79.9. The van der Waals surface area contributed by atoms with Gasteiger partial charge in [-0.3, -0.25) is 4.90 Å². The van der Waals surface area contributed by atoms with Gasteiger partial charge < -0.3 is 0 Å². The third-order valence-electron chi connectivity index (χ3n) is 3.42. The summed E-state index contributed by atoms with van der Waals surface area (Å²) in [5.41, 5.74) is 1.42. The fraction of sp³-hybridized carbons (Fsp3) is 0.571. The molecule has 1 fully saturated rings. The van der Waals surface area contributed by atoms with E-state index in [2.05, 4.69) is 61.0 Å². The molecule has 0 amide bonds. The Labute approximate surface area is 121 Å². The molecule has 1 aromatic rings. The zero-order valence-electron chi connectivity index (χ0n) is 10.0. The molecule has 1 aromatic carbocycles. The molecule has 1 aliphatic heterocycles. The van der Waals surface area contributed by atoms with Gasteiger partial charge in [-0.2, -0.15) is 0 Å². The Morgan fingerprint density at radius 2 is 2.24 bits per heavy atom. The maximum atomic E-state index is 3.56. The van der Waals surface area contributed by atoms with E-state index in [-0.39, 0.29) is 0 Å². The Bertz CT molecular complexity index is 352. The number of rotatable bonds is 4. The largest absolute Gasteiger partial charge is 0.299 e. The molecule has 0 bridgehead atoms. The highest BCUT2D eigenvalue weighted by Gasteiger charge is 2.19. The first-order valence-corrected chi connectivity index (χ1v) is 8.22. The van der Waals surface area contributed by atoms with E-state index in [1.54, 1.807) is 0 Å². The van der Waals surface area contributed by atoms with E-state index in [1.807, 2.05) is 0 Å². The lowest BCUT2D eigenvalue weighted by atomic mass is 9.95. The Hall–Kier alpha value is 0.140. The van der Waals surface area contributed by atoms with Gasteiger partial charge in [0.2, 0.25) is 0 Å². The molecule has 94 valence electrons. The molecule has 1 saturated heterocycles. The molecule has 0 radical (unpaired) electrons. The average Bonchev–Trinajstić information content (AvgIpc) is 2.30. The Kier molecular flexibility index (Phi) is 5.51. The summed E-state index contributed by atoms with van der Waals surface area (Å²) in [6.07, 6.45) is 4.07. The number of benzene rings is 1. The normalized spacial score (nSPS) is 21.6. The molecule has 2 rings (SSSR count). The molecule has 0 spiro atoms. The standard InChI is InChI=1S/C14H19Br2N/c15-7-6-12-4-2-8-17(10-12)11-13-3-1-5-14(16)9-13/h1,3,5,9,12H,2,4,6-8,10-11H2. The molecule has 1 heterocycles. The smallest absolute Gasteiger partial charge is 0.0234 e. The lowest BCUT2D eigenvalue weighted by Crippen LogP contribution is -2.35. The summed E-state index contributed by atoms with van der Waals surface area (Å²) < 4.78 is 1.18. The van der Waals surface area contributed by atoms with Crippen LogP contribution in [0.15, 0.2) is 28.7 Å². The minimum atomic E-state index is 0.885. The number of nitrogens with zero attached hydrogens (tertiary/aromatic N) is 1. The first kappa shape index (κ1) is 13.6. The molecule has 1 aliphatic rings. The van der Waals surface area contributed by atoms with Crippen LogP contribution in [0.5, 0.6) is 0 Å². The van der Waals surface area contributed by atoms with E-state index >= 15 is 0 Å². The molecule has 0 N–H and O–H groups in total. The van der Waals surface area contributed by atoms with Gasteiger partial charge in [-0.15, -0.1) is 0 Å². The van der Waals surface area contributed by atoms with Gasteiger partial charge in [0, 0.05) is 22.9 Å². The minimum Gasteiger partial charge on any atom is -0.299 e. The predicted octanol–water partition coefficient (Wildman–Crippen LogP) is 4.45. The monoisotopic (exact) mass is 359 g/mol.